The molecule has 0 aliphatic heterocycles. The molecule has 0 heterocycles. The number of fused-ring (bicyclic) bond motifs is 5. The fourth-order valence-corrected chi connectivity index (χ4v) is 7.03. The number of aliphatic hydroxyl groups is 1. The molecule has 0 radical (unpaired) electrons. The second-order valence-corrected chi connectivity index (χ2v) is 9.32. The van der Waals surface area contributed by atoms with Gasteiger partial charge in [0.05, 0.1) is 6.10 Å². The van der Waals surface area contributed by atoms with Crippen molar-refractivity contribution in [3.8, 4) is 0 Å². The van der Waals surface area contributed by atoms with Crippen molar-refractivity contribution >= 4 is 5.97 Å². The van der Waals surface area contributed by atoms with Crippen molar-refractivity contribution in [3.05, 3.63) is 11.6 Å². The van der Waals surface area contributed by atoms with Gasteiger partial charge in [0.15, 0.2) is 0 Å². The molecule has 3 heteroatoms. The van der Waals surface area contributed by atoms with Gasteiger partial charge < -0.3 is 9.84 Å². The molecule has 1 N–H and O–H groups in total. The summed E-state index contributed by atoms with van der Waals surface area (Å²) in [5.41, 5.74) is 1.87. The molecule has 0 bridgehead atoms. The number of aliphatic hydroxyl groups excluding tert-OH is 1. The van der Waals surface area contributed by atoms with Gasteiger partial charge in [0.1, 0.15) is 6.10 Å². The first-order valence-corrected chi connectivity index (χ1v) is 9.93. The molecule has 0 aromatic rings. The fourth-order valence-electron chi connectivity index (χ4n) is 7.03. The van der Waals surface area contributed by atoms with E-state index in [1.54, 1.807) is 0 Å². The third-order valence-corrected chi connectivity index (χ3v) is 8.26. The van der Waals surface area contributed by atoms with Crippen LogP contribution in [0.4, 0.5) is 0 Å². The molecule has 4 rings (SSSR count). The van der Waals surface area contributed by atoms with Crippen molar-refractivity contribution in [2.24, 2.45) is 28.6 Å². The van der Waals surface area contributed by atoms with Crippen LogP contribution in [0.5, 0.6) is 0 Å². The quantitative estimate of drug-likeness (QED) is 0.577. The van der Waals surface area contributed by atoms with Crippen LogP contribution in [0.2, 0.25) is 0 Å². The van der Waals surface area contributed by atoms with Crippen LogP contribution in [0.25, 0.3) is 0 Å². The van der Waals surface area contributed by atoms with Gasteiger partial charge in [0.2, 0.25) is 0 Å². The average molecular weight is 332 g/mol. The van der Waals surface area contributed by atoms with E-state index < -0.39 is 0 Å². The van der Waals surface area contributed by atoms with Gasteiger partial charge in [0.25, 0.3) is 0 Å². The summed E-state index contributed by atoms with van der Waals surface area (Å²) in [6, 6.07) is 0. The van der Waals surface area contributed by atoms with Crippen LogP contribution in [-0.4, -0.2) is 23.3 Å². The van der Waals surface area contributed by atoms with Crippen molar-refractivity contribution in [1.82, 2.24) is 0 Å². The van der Waals surface area contributed by atoms with Crippen LogP contribution < -0.4 is 0 Å². The molecular formula is C21H32O3. The summed E-state index contributed by atoms with van der Waals surface area (Å²) in [6.07, 6.45) is 11.4. The van der Waals surface area contributed by atoms with E-state index in [1.807, 2.05) is 0 Å². The summed E-state index contributed by atoms with van der Waals surface area (Å²) in [5, 5.41) is 11.0. The molecular weight excluding hydrogens is 300 g/mol. The number of carbonyl (C=O) groups is 1. The topological polar surface area (TPSA) is 46.5 Å². The molecule has 0 aromatic heterocycles. The Morgan fingerprint density at radius 1 is 1.17 bits per heavy atom. The summed E-state index contributed by atoms with van der Waals surface area (Å²) < 4.78 is 5.69. The highest BCUT2D eigenvalue weighted by Gasteiger charge is 2.61. The van der Waals surface area contributed by atoms with Gasteiger partial charge in [0, 0.05) is 12.3 Å². The number of allylic oxidation sites excluding steroid dienone is 1. The largest absolute Gasteiger partial charge is 0.462 e. The molecule has 0 saturated heterocycles. The van der Waals surface area contributed by atoms with Crippen LogP contribution in [-0.2, 0) is 9.53 Å². The highest BCUT2D eigenvalue weighted by Crippen LogP contribution is 2.65. The molecule has 3 fully saturated rings. The third-order valence-electron chi connectivity index (χ3n) is 8.26. The molecule has 7 atom stereocenters. The van der Waals surface area contributed by atoms with Crippen molar-refractivity contribution < 1.29 is 14.6 Å². The standard InChI is InChI=1S/C21H32O3/c1-13(22)24-18-8-7-15-19-16(9-11-21(15,18)3)20(2)10-5-4-6-14(20)12-17(19)23/h12,15-19,23H,4-11H2,1-3H3. The summed E-state index contributed by atoms with van der Waals surface area (Å²) in [5.74, 6) is 1.26. The highest BCUT2D eigenvalue weighted by molar-refractivity contribution is 5.66. The summed E-state index contributed by atoms with van der Waals surface area (Å²) >= 11 is 0. The van der Waals surface area contributed by atoms with E-state index in [0.717, 1.165) is 19.3 Å². The Morgan fingerprint density at radius 2 is 1.96 bits per heavy atom. The second-order valence-electron chi connectivity index (χ2n) is 9.32. The van der Waals surface area contributed by atoms with Gasteiger partial charge in [-0.2, -0.15) is 0 Å². The number of rotatable bonds is 1. The monoisotopic (exact) mass is 332 g/mol. The van der Waals surface area contributed by atoms with Gasteiger partial charge in [-0.05, 0) is 68.1 Å². The van der Waals surface area contributed by atoms with Gasteiger partial charge in [-0.1, -0.05) is 31.9 Å². The predicted molar refractivity (Wildman–Crippen MR) is 93.3 cm³/mol. The maximum absolute atomic E-state index is 11.5. The Bertz CT molecular complexity index is 567. The van der Waals surface area contributed by atoms with E-state index in [2.05, 4.69) is 19.9 Å². The first-order valence-electron chi connectivity index (χ1n) is 9.93. The highest BCUT2D eigenvalue weighted by atomic mass is 16.5. The minimum atomic E-state index is -0.308. The summed E-state index contributed by atoms with van der Waals surface area (Å²) in [4.78, 5) is 11.5. The molecule has 134 valence electrons. The maximum atomic E-state index is 11.5. The number of esters is 1. The molecule has 4 aliphatic carbocycles. The Balaban J connectivity index is 1.67. The van der Waals surface area contributed by atoms with Crippen molar-refractivity contribution in [2.45, 2.75) is 84.3 Å². The maximum Gasteiger partial charge on any atom is 0.302 e. The smallest absolute Gasteiger partial charge is 0.302 e. The van der Waals surface area contributed by atoms with Crippen LogP contribution in [0, 0.1) is 28.6 Å². The normalized spacial score (nSPS) is 50.3. The second kappa shape index (κ2) is 5.59. The molecule has 24 heavy (non-hydrogen) atoms. The van der Waals surface area contributed by atoms with E-state index in [0.29, 0.717) is 23.2 Å². The van der Waals surface area contributed by atoms with Crippen LogP contribution >= 0.6 is 0 Å². The Kier molecular flexibility index (Phi) is 3.87. The number of carbonyl (C=O) groups excluding carboxylic acids is 1. The molecule has 7 unspecified atom stereocenters. The van der Waals surface area contributed by atoms with Crippen LogP contribution in [0.3, 0.4) is 0 Å². The molecule has 3 nitrogen and oxygen atoms in total. The van der Waals surface area contributed by atoms with E-state index in [9.17, 15) is 9.90 Å². The minimum absolute atomic E-state index is 0.0395. The van der Waals surface area contributed by atoms with Gasteiger partial charge in [-0.3, -0.25) is 4.79 Å². The summed E-state index contributed by atoms with van der Waals surface area (Å²) in [6.45, 7) is 6.29. The number of hydrogen-bond acceptors (Lipinski definition) is 3. The number of ether oxygens (including phenoxy) is 1. The molecule has 0 spiro atoms. The van der Waals surface area contributed by atoms with Crippen molar-refractivity contribution in [3.63, 3.8) is 0 Å². The Labute approximate surface area is 145 Å². The average Bonchev–Trinajstić information content (AvgIpc) is 2.84. The van der Waals surface area contributed by atoms with E-state index in [4.69, 9.17) is 4.74 Å². The third kappa shape index (κ3) is 2.23. The Morgan fingerprint density at radius 3 is 2.71 bits per heavy atom. The van der Waals surface area contributed by atoms with E-state index in [1.165, 1.54) is 44.6 Å². The zero-order valence-electron chi connectivity index (χ0n) is 15.4. The molecule has 3 saturated carbocycles. The predicted octanol–water partition coefficient (Wildman–Crippen LogP) is 4.24. The first kappa shape index (κ1) is 16.6. The van der Waals surface area contributed by atoms with Crippen molar-refractivity contribution in [1.29, 1.82) is 0 Å². The van der Waals surface area contributed by atoms with Crippen LogP contribution in [0.15, 0.2) is 11.6 Å². The lowest BCUT2D eigenvalue weighted by atomic mass is 9.47. The Hall–Kier alpha value is -0.830. The zero-order valence-corrected chi connectivity index (χ0v) is 15.4. The van der Waals surface area contributed by atoms with E-state index in [-0.39, 0.29) is 23.6 Å². The summed E-state index contributed by atoms with van der Waals surface area (Å²) in [7, 11) is 0. The molecule has 4 aliphatic rings. The number of hydrogen-bond donors (Lipinski definition) is 1. The van der Waals surface area contributed by atoms with Gasteiger partial charge in [-0.25, -0.2) is 0 Å². The fraction of sp³-hybridized carbons (Fsp3) is 0.857. The SMILES string of the molecule is CC(=O)OC1CCC2C3C(O)C=C4CCCCC4(C)C3CCC12C. The van der Waals surface area contributed by atoms with Gasteiger partial charge in [-0.15, -0.1) is 0 Å². The lowest BCUT2D eigenvalue weighted by molar-refractivity contribution is -0.159. The van der Waals surface area contributed by atoms with Gasteiger partial charge >= 0.3 is 5.97 Å². The first-order chi connectivity index (χ1) is 11.4. The molecule has 0 aromatic carbocycles. The zero-order chi connectivity index (χ0) is 17.1. The lowest BCUT2D eigenvalue weighted by Crippen LogP contribution is -2.54. The van der Waals surface area contributed by atoms with Crippen molar-refractivity contribution in [2.75, 3.05) is 0 Å². The molecule has 0 amide bonds. The van der Waals surface area contributed by atoms with Crippen LogP contribution in [0.1, 0.15) is 72.1 Å². The van der Waals surface area contributed by atoms with E-state index >= 15 is 0 Å². The minimum Gasteiger partial charge on any atom is -0.462 e. The lowest BCUT2D eigenvalue weighted by Gasteiger charge is -2.58.